The van der Waals surface area contributed by atoms with Crippen LogP contribution in [0.15, 0.2) is 0 Å². The zero-order chi connectivity index (χ0) is 24.2. The first-order valence-electron chi connectivity index (χ1n) is 9.09. The number of sulfonamides is 1. The zero-order valence-electron chi connectivity index (χ0n) is 17.2. The molecule has 0 spiro atoms. The Labute approximate surface area is 173 Å². The third-order valence-corrected chi connectivity index (χ3v) is 7.86. The Kier molecular flexibility index (Phi) is 9.67. The Bertz CT molecular complexity index is 765. The number of nitrogens with zero attached hydrogens (tertiary/aromatic N) is 2. The lowest BCUT2D eigenvalue weighted by Crippen LogP contribution is -2.60. The number of hydrogen-bond donors (Lipinski definition) is 0. The van der Waals surface area contributed by atoms with Crippen LogP contribution in [0.2, 0.25) is 0 Å². The van der Waals surface area contributed by atoms with E-state index in [9.17, 15) is 47.7 Å². The van der Waals surface area contributed by atoms with Crippen molar-refractivity contribution in [2.75, 3.05) is 45.5 Å². The lowest BCUT2D eigenvalue weighted by Gasteiger charge is -2.39. The molecule has 0 amide bonds. The summed E-state index contributed by atoms with van der Waals surface area (Å²) in [6.45, 7) is 3.14. The summed E-state index contributed by atoms with van der Waals surface area (Å²) < 4.78 is 137. The highest BCUT2D eigenvalue weighted by atomic mass is 32.2. The summed E-state index contributed by atoms with van der Waals surface area (Å²) >= 11 is 0. The molecule has 0 aliphatic rings. The molecule has 7 nitrogen and oxygen atoms in total. The van der Waals surface area contributed by atoms with E-state index in [0.717, 1.165) is 0 Å². The van der Waals surface area contributed by atoms with Crippen molar-refractivity contribution in [1.82, 2.24) is 4.31 Å². The van der Waals surface area contributed by atoms with Crippen molar-refractivity contribution < 1.29 is 52.2 Å². The monoisotopic (exact) mass is 494 g/mol. The van der Waals surface area contributed by atoms with Crippen LogP contribution in [-0.4, -0.2) is 92.8 Å². The molecule has 0 N–H and O–H groups in total. The van der Waals surface area contributed by atoms with Gasteiger partial charge in [0.25, 0.3) is 10.0 Å². The molecular weight excluding hydrogens is 466 g/mol. The van der Waals surface area contributed by atoms with Crippen LogP contribution < -0.4 is 0 Å². The molecule has 0 fully saturated rings. The number of unbranched alkanes of at least 4 members (excludes halogenated alkanes) is 1. The van der Waals surface area contributed by atoms with E-state index in [1.165, 1.54) is 0 Å². The molecule has 0 rings (SSSR count). The highest BCUT2D eigenvalue weighted by Crippen LogP contribution is 2.48. The molecule has 15 heteroatoms. The topological polar surface area (TPSA) is 94.6 Å². The Morgan fingerprint density at radius 3 is 1.73 bits per heavy atom. The standard InChI is InChI=1S/C15H28F6N2O5S2/c1-5-23(6-2,10-7-8-12-29(24,25)26)11-9-22(4)30(27,28)15(20,21)14(18,19)13(3,16)17/h5-12H2,1-4H3. The third kappa shape index (κ3) is 6.68. The molecule has 182 valence electrons. The Balaban J connectivity index is 5.38. The van der Waals surface area contributed by atoms with E-state index in [1.54, 1.807) is 13.8 Å². The molecule has 0 saturated carbocycles. The maximum atomic E-state index is 13.9. The molecule has 0 aromatic carbocycles. The first-order valence-corrected chi connectivity index (χ1v) is 12.1. The lowest BCUT2D eigenvalue weighted by atomic mass is 10.2. The van der Waals surface area contributed by atoms with Gasteiger partial charge in [0.1, 0.15) is 0 Å². The maximum absolute atomic E-state index is 13.9. The predicted octanol–water partition coefficient (Wildman–Crippen LogP) is 2.31. The summed E-state index contributed by atoms with van der Waals surface area (Å²) in [5.74, 6) is -12.0. The van der Waals surface area contributed by atoms with Crippen molar-refractivity contribution in [3.63, 3.8) is 0 Å². The minimum Gasteiger partial charge on any atom is -0.748 e. The van der Waals surface area contributed by atoms with E-state index in [2.05, 4.69) is 0 Å². The number of likely N-dealkylation sites (N-methyl/N-ethyl adjacent to an activating group) is 2. The Morgan fingerprint density at radius 2 is 1.37 bits per heavy atom. The second-order valence-corrected chi connectivity index (χ2v) is 10.8. The van der Waals surface area contributed by atoms with Gasteiger partial charge in [-0.05, 0) is 26.7 Å². The fourth-order valence-corrected chi connectivity index (χ4v) is 4.55. The third-order valence-electron chi connectivity index (χ3n) is 5.16. The molecule has 0 atom stereocenters. The average Bonchev–Trinajstić information content (AvgIpc) is 2.59. The van der Waals surface area contributed by atoms with Gasteiger partial charge in [-0.25, -0.2) is 16.8 Å². The van der Waals surface area contributed by atoms with Crippen molar-refractivity contribution in [3.05, 3.63) is 0 Å². The molecule has 0 radical (unpaired) electrons. The van der Waals surface area contributed by atoms with Crippen LogP contribution in [0, 0.1) is 0 Å². The van der Waals surface area contributed by atoms with Crippen molar-refractivity contribution >= 4 is 20.1 Å². The van der Waals surface area contributed by atoms with Gasteiger partial charge in [-0.15, -0.1) is 0 Å². The Hall–Kier alpha value is -0.640. The van der Waals surface area contributed by atoms with Gasteiger partial charge in [-0.1, -0.05) is 0 Å². The van der Waals surface area contributed by atoms with E-state index in [0.29, 0.717) is 20.1 Å². The minimum atomic E-state index is -6.13. The quantitative estimate of drug-likeness (QED) is 0.160. The van der Waals surface area contributed by atoms with E-state index in [1.807, 2.05) is 0 Å². The highest BCUT2D eigenvalue weighted by Gasteiger charge is 2.76. The number of halogens is 6. The minimum absolute atomic E-state index is 0.0375. The number of alkyl halides is 6. The van der Waals surface area contributed by atoms with Gasteiger partial charge < -0.3 is 9.04 Å². The van der Waals surface area contributed by atoms with Crippen molar-refractivity contribution in [3.8, 4) is 0 Å². The van der Waals surface area contributed by atoms with Crippen LogP contribution in [0.4, 0.5) is 26.3 Å². The summed E-state index contributed by atoms with van der Waals surface area (Å²) in [6, 6.07) is 0. The van der Waals surface area contributed by atoms with Crippen LogP contribution >= 0.6 is 0 Å². The molecule has 0 saturated heterocycles. The summed E-state index contributed by atoms with van der Waals surface area (Å²) in [4.78, 5) is 0. The van der Waals surface area contributed by atoms with Crippen LogP contribution in [0.25, 0.3) is 0 Å². The van der Waals surface area contributed by atoms with Gasteiger partial charge in [0.05, 0.1) is 42.8 Å². The molecule has 30 heavy (non-hydrogen) atoms. The largest absolute Gasteiger partial charge is 0.748 e. The number of hydrogen-bond acceptors (Lipinski definition) is 5. The molecule has 0 unspecified atom stereocenters. The molecule has 0 bridgehead atoms. The Morgan fingerprint density at radius 1 is 0.900 bits per heavy atom. The summed E-state index contributed by atoms with van der Waals surface area (Å²) in [7, 11) is -9.93. The van der Waals surface area contributed by atoms with E-state index in [-0.39, 0.29) is 34.7 Å². The summed E-state index contributed by atoms with van der Waals surface area (Å²) in [5.41, 5.74) is 0. The normalized spacial score (nSPS) is 15.1. The van der Waals surface area contributed by atoms with Gasteiger partial charge in [0.15, 0.2) is 0 Å². The second kappa shape index (κ2) is 9.88. The van der Waals surface area contributed by atoms with Crippen LogP contribution in [-0.2, 0) is 20.1 Å². The number of rotatable bonds is 14. The van der Waals surface area contributed by atoms with Crippen LogP contribution in [0.3, 0.4) is 0 Å². The van der Waals surface area contributed by atoms with E-state index >= 15 is 0 Å². The van der Waals surface area contributed by atoms with Crippen LogP contribution in [0.5, 0.6) is 0 Å². The van der Waals surface area contributed by atoms with Gasteiger partial charge in [0.2, 0.25) is 0 Å². The highest BCUT2D eigenvalue weighted by molar-refractivity contribution is 7.90. The van der Waals surface area contributed by atoms with E-state index < -0.39 is 56.5 Å². The maximum Gasteiger partial charge on any atom is 0.427 e. The van der Waals surface area contributed by atoms with Crippen molar-refractivity contribution in [2.24, 2.45) is 0 Å². The van der Waals surface area contributed by atoms with Crippen molar-refractivity contribution in [2.45, 2.75) is 50.7 Å². The molecule has 0 aromatic rings. The molecule has 0 aliphatic heterocycles. The fraction of sp³-hybridized carbons (Fsp3) is 1.00. The molecular formula is C15H28F6N2O5S2. The zero-order valence-corrected chi connectivity index (χ0v) is 18.8. The van der Waals surface area contributed by atoms with E-state index in [4.69, 9.17) is 0 Å². The summed E-state index contributed by atoms with van der Waals surface area (Å²) in [6.07, 6.45) is 0.297. The van der Waals surface area contributed by atoms with Gasteiger partial charge in [0, 0.05) is 19.7 Å². The van der Waals surface area contributed by atoms with Crippen molar-refractivity contribution in [1.29, 1.82) is 0 Å². The van der Waals surface area contributed by atoms with Gasteiger partial charge in [-0.3, -0.25) is 0 Å². The fourth-order valence-electron chi connectivity index (χ4n) is 2.78. The summed E-state index contributed by atoms with van der Waals surface area (Å²) in [5, 5.41) is -6.04. The van der Waals surface area contributed by atoms with Gasteiger partial charge >= 0.3 is 17.1 Å². The first-order chi connectivity index (χ1) is 13.2. The lowest BCUT2D eigenvalue weighted by molar-refractivity contribution is -0.924. The molecule has 0 aliphatic carbocycles. The second-order valence-electron chi connectivity index (χ2n) is 7.20. The molecule has 0 heterocycles. The SMILES string of the molecule is CC[N+](CC)(CCCCS(=O)(=O)[O-])CCN(C)S(=O)(=O)C(F)(F)C(F)(F)C(C)(F)F. The molecule has 0 aromatic heterocycles. The number of quaternary nitrogens is 1. The predicted molar refractivity (Wildman–Crippen MR) is 96.9 cm³/mol. The smallest absolute Gasteiger partial charge is 0.427 e. The average molecular weight is 495 g/mol. The first kappa shape index (κ1) is 29.4. The van der Waals surface area contributed by atoms with Crippen LogP contribution in [0.1, 0.15) is 33.6 Å². The van der Waals surface area contributed by atoms with Gasteiger partial charge in [-0.2, -0.15) is 30.6 Å².